The number of aryl methyl sites for hydroxylation is 1. The Balaban J connectivity index is 1.83. The Hall–Kier alpha value is -3.49. The summed E-state index contributed by atoms with van der Waals surface area (Å²) in [6, 6.07) is 10.3. The summed E-state index contributed by atoms with van der Waals surface area (Å²) in [7, 11) is 4.72. The van der Waals surface area contributed by atoms with Crippen LogP contribution in [0.5, 0.6) is 5.75 Å². The number of nitrogens with one attached hydrogen (secondary N) is 1. The molecule has 176 valence electrons. The van der Waals surface area contributed by atoms with E-state index in [0.717, 1.165) is 22.0 Å². The summed E-state index contributed by atoms with van der Waals surface area (Å²) in [4.78, 5) is 24.3. The minimum absolute atomic E-state index is 0.0538. The number of fused-ring (bicyclic) bond motifs is 1. The minimum Gasteiger partial charge on any atom is -0.496 e. The average Bonchev–Trinajstić information content (AvgIpc) is 3.10. The van der Waals surface area contributed by atoms with Crippen molar-refractivity contribution in [1.29, 1.82) is 0 Å². The Morgan fingerprint density at radius 3 is 2.42 bits per heavy atom. The van der Waals surface area contributed by atoms with Crippen molar-refractivity contribution in [3.8, 4) is 5.75 Å². The molecule has 0 saturated heterocycles. The number of hydrogen-bond donors (Lipinski definition) is 1. The van der Waals surface area contributed by atoms with Crippen molar-refractivity contribution < 1.29 is 32.2 Å². The molecule has 1 N–H and O–H groups in total. The fraction of sp³-hybridized carbons (Fsp3) is 0.333. The van der Waals surface area contributed by atoms with Gasteiger partial charge < -0.3 is 19.4 Å². The summed E-state index contributed by atoms with van der Waals surface area (Å²) in [5.74, 6) is -0.349. The molecule has 0 bridgehead atoms. The second-order valence-electron chi connectivity index (χ2n) is 7.67. The van der Waals surface area contributed by atoms with Gasteiger partial charge in [-0.2, -0.15) is 13.2 Å². The first-order valence-electron chi connectivity index (χ1n) is 10.3. The first-order valence-corrected chi connectivity index (χ1v) is 10.3. The average molecular weight is 462 g/mol. The van der Waals surface area contributed by atoms with Gasteiger partial charge in [0.2, 0.25) is 0 Å². The van der Waals surface area contributed by atoms with Gasteiger partial charge in [0, 0.05) is 49.1 Å². The number of alkyl halides is 3. The number of hydrogen-bond acceptors (Lipinski definition) is 4. The van der Waals surface area contributed by atoms with Crippen LogP contribution in [0.25, 0.3) is 10.9 Å². The Kier molecular flexibility index (Phi) is 7.30. The van der Waals surface area contributed by atoms with Gasteiger partial charge in [0.15, 0.2) is 0 Å². The largest absolute Gasteiger partial charge is 0.496 e. The molecule has 1 heterocycles. The van der Waals surface area contributed by atoms with E-state index in [0.29, 0.717) is 23.3 Å². The Bertz CT molecular complexity index is 1170. The molecule has 0 fully saturated rings. The molecule has 0 atom stereocenters. The fourth-order valence-electron chi connectivity index (χ4n) is 3.69. The highest BCUT2D eigenvalue weighted by Gasteiger charge is 2.26. The summed E-state index contributed by atoms with van der Waals surface area (Å²) in [6.07, 6.45) is -2.91. The topological polar surface area (TPSA) is 69.6 Å². The van der Waals surface area contributed by atoms with Gasteiger partial charge in [-0.3, -0.25) is 4.79 Å². The standard InChI is InChI=1S/C24H25F3N2O4/c1-29-14-18(11-15-5-6-17(23(31)33-3)13-21(15)32-2)19-12-16(7-8-20(19)29)22(30)28-10-4-9-24(25,26)27/h5-8,12-14H,4,9-11H2,1-3H3,(H,28,30). The Morgan fingerprint density at radius 1 is 1.03 bits per heavy atom. The van der Waals surface area contributed by atoms with Crippen LogP contribution in [-0.2, 0) is 18.2 Å². The van der Waals surface area contributed by atoms with Crippen molar-refractivity contribution in [1.82, 2.24) is 9.88 Å². The van der Waals surface area contributed by atoms with Crippen LogP contribution in [0.4, 0.5) is 13.2 Å². The van der Waals surface area contributed by atoms with Crippen molar-refractivity contribution in [3.05, 3.63) is 64.8 Å². The molecule has 9 heteroatoms. The second-order valence-corrected chi connectivity index (χ2v) is 7.67. The number of methoxy groups -OCH3 is 2. The molecule has 0 aliphatic heterocycles. The van der Waals surface area contributed by atoms with Crippen LogP contribution in [0, 0.1) is 0 Å². The van der Waals surface area contributed by atoms with Crippen molar-refractivity contribution in [2.45, 2.75) is 25.4 Å². The second kappa shape index (κ2) is 9.97. The van der Waals surface area contributed by atoms with E-state index in [2.05, 4.69) is 5.32 Å². The first-order chi connectivity index (χ1) is 15.6. The van der Waals surface area contributed by atoms with E-state index in [4.69, 9.17) is 9.47 Å². The van der Waals surface area contributed by atoms with E-state index in [1.54, 1.807) is 36.4 Å². The molecule has 33 heavy (non-hydrogen) atoms. The smallest absolute Gasteiger partial charge is 0.389 e. The SMILES string of the molecule is COC(=O)c1ccc(Cc2cn(C)c3ccc(C(=O)NCCCC(F)(F)F)cc23)c(OC)c1. The lowest BCUT2D eigenvalue weighted by Crippen LogP contribution is -2.25. The number of nitrogens with zero attached hydrogens (tertiary/aromatic N) is 1. The lowest BCUT2D eigenvalue weighted by atomic mass is 10.0. The molecule has 1 amide bonds. The summed E-state index contributed by atoms with van der Waals surface area (Å²) in [5, 5.41) is 3.39. The lowest BCUT2D eigenvalue weighted by Gasteiger charge is -2.10. The Morgan fingerprint density at radius 2 is 1.76 bits per heavy atom. The molecule has 0 aliphatic rings. The van der Waals surface area contributed by atoms with Gasteiger partial charge in [-0.1, -0.05) is 6.07 Å². The van der Waals surface area contributed by atoms with Crippen LogP contribution in [0.2, 0.25) is 0 Å². The van der Waals surface area contributed by atoms with Crippen LogP contribution in [0.3, 0.4) is 0 Å². The van der Waals surface area contributed by atoms with E-state index in [1.807, 2.05) is 17.8 Å². The number of aromatic nitrogens is 1. The summed E-state index contributed by atoms with van der Waals surface area (Å²) >= 11 is 0. The molecule has 3 rings (SSSR count). The molecule has 0 aliphatic carbocycles. The number of carbonyl (C=O) groups is 2. The lowest BCUT2D eigenvalue weighted by molar-refractivity contribution is -0.135. The van der Waals surface area contributed by atoms with E-state index in [9.17, 15) is 22.8 Å². The van der Waals surface area contributed by atoms with Crippen LogP contribution in [0.15, 0.2) is 42.6 Å². The number of rotatable bonds is 8. The predicted molar refractivity (Wildman–Crippen MR) is 118 cm³/mol. The zero-order valence-corrected chi connectivity index (χ0v) is 18.6. The summed E-state index contributed by atoms with van der Waals surface area (Å²) < 4.78 is 49.0. The molecule has 6 nitrogen and oxygen atoms in total. The van der Waals surface area contributed by atoms with E-state index < -0.39 is 24.5 Å². The maximum absolute atomic E-state index is 12.5. The minimum atomic E-state index is -4.24. The number of carbonyl (C=O) groups excluding carboxylic acids is 2. The highest BCUT2D eigenvalue weighted by Crippen LogP contribution is 2.29. The maximum Gasteiger partial charge on any atom is 0.389 e. The zero-order valence-electron chi connectivity index (χ0n) is 18.6. The van der Waals surface area contributed by atoms with Gasteiger partial charge in [0.1, 0.15) is 5.75 Å². The van der Waals surface area contributed by atoms with E-state index in [1.165, 1.54) is 14.2 Å². The molecule has 0 radical (unpaired) electrons. The van der Waals surface area contributed by atoms with Crippen molar-refractivity contribution in [2.24, 2.45) is 7.05 Å². The van der Waals surface area contributed by atoms with E-state index in [-0.39, 0.29) is 13.0 Å². The molecule has 2 aromatic carbocycles. The third kappa shape index (κ3) is 5.85. The number of halogens is 3. The van der Waals surface area contributed by atoms with Crippen molar-refractivity contribution >= 4 is 22.8 Å². The molecule has 0 spiro atoms. The molecule has 1 aromatic heterocycles. The van der Waals surface area contributed by atoms with Gasteiger partial charge >= 0.3 is 12.1 Å². The van der Waals surface area contributed by atoms with Crippen LogP contribution < -0.4 is 10.1 Å². The third-order valence-electron chi connectivity index (χ3n) is 5.35. The predicted octanol–water partition coefficient (Wildman–Crippen LogP) is 4.64. The maximum atomic E-state index is 12.5. The van der Waals surface area contributed by atoms with Crippen LogP contribution in [0.1, 0.15) is 44.7 Å². The zero-order chi connectivity index (χ0) is 24.2. The molecule has 3 aromatic rings. The number of ether oxygens (including phenoxy) is 2. The molecular weight excluding hydrogens is 437 g/mol. The summed E-state index contributed by atoms with van der Waals surface area (Å²) in [5.41, 5.74) is 3.43. The van der Waals surface area contributed by atoms with Gasteiger partial charge in [0.05, 0.1) is 19.8 Å². The Labute approximate surface area is 189 Å². The van der Waals surface area contributed by atoms with Crippen molar-refractivity contribution in [2.75, 3.05) is 20.8 Å². The van der Waals surface area contributed by atoms with Crippen LogP contribution in [-0.4, -0.2) is 43.4 Å². The van der Waals surface area contributed by atoms with Crippen molar-refractivity contribution in [3.63, 3.8) is 0 Å². The van der Waals surface area contributed by atoms with Gasteiger partial charge in [-0.25, -0.2) is 4.79 Å². The van der Waals surface area contributed by atoms with Gasteiger partial charge in [-0.05, 0) is 47.9 Å². The molecule has 0 saturated carbocycles. The number of esters is 1. The molecule has 0 unspecified atom stereocenters. The monoisotopic (exact) mass is 462 g/mol. The number of amides is 1. The van der Waals surface area contributed by atoms with Crippen LogP contribution >= 0.6 is 0 Å². The summed E-state index contributed by atoms with van der Waals surface area (Å²) in [6.45, 7) is -0.0538. The first kappa shape index (κ1) is 24.2. The highest BCUT2D eigenvalue weighted by molar-refractivity contribution is 5.99. The fourth-order valence-corrected chi connectivity index (χ4v) is 3.69. The van der Waals surface area contributed by atoms with E-state index >= 15 is 0 Å². The third-order valence-corrected chi connectivity index (χ3v) is 5.35. The quantitative estimate of drug-likeness (QED) is 0.391. The van der Waals surface area contributed by atoms with Gasteiger partial charge in [0.25, 0.3) is 5.91 Å². The number of benzene rings is 2. The molecular formula is C24H25F3N2O4. The highest BCUT2D eigenvalue weighted by atomic mass is 19.4. The van der Waals surface area contributed by atoms with Gasteiger partial charge in [-0.15, -0.1) is 0 Å². The normalized spacial score (nSPS) is 11.5.